The summed E-state index contributed by atoms with van der Waals surface area (Å²) in [7, 11) is 0. The van der Waals surface area contributed by atoms with Crippen molar-refractivity contribution in [1.82, 2.24) is 4.98 Å². The van der Waals surface area contributed by atoms with Gasteiger partial charge in [-0.25, -0.2) is 4.98 Å². The number of halogens is 1. The molecule has 1 aromatic rings. The Labute approximate surface area is 88.6 Å². The maximum absolute atomic E-state index is 5.78. The molecule has 76 valence electrons. The Bertz CT molecular complexity index is 281. The van der Waals surface area contributed by atoms with Crippen LogP contribution in [0.5, 0.6) is 0 Å². The highest BCUT2D eigenvalue weighted by molar-refractivity contribution is 6.30. The van der Waals surface area contributed by atoms with Gasteiger partial charge in [0.25, 0.3) is 0 Å². The van der Waals surface area contributed by atoms with E-state index in [4.69, 9.17) is 16.3 Å². The van der Waals surface area contributed by atoms with Gasteiger partial charge < -0.3 is 9.64 Å². The highest BCUT2D eigenvalue weighted by Crippen LogP contribution is 2.15. The zero-order valence-electron chi connectivity index (χ0n) is 7.95. The van der Waals surface area contributed by atoms with E-state index in [2.05, 4.69) is 9.88 Å². The second-order valence-corrected chi connectivity index (χ2v) is 3.72. The summed E-state index contributed by atoms with van der Waals surface area (Å²) in [5, 5.41) is 0.680. The van der Waals surface area contributed by atoms with Gasteiger partial charge in [-0.05, 0) is 18.6 Å². The van der Waals surface area contributed by atoms with E-state index in [0.717, 1.165) is 38.5 Å². The second-order valence-electron chi connectivity index (χ2n) is 3.29. The van der Waals surface area contributed by atoms with Gasteiger partial charge in [0.05, 0.1) is 11.6 Å². The van der Waals surface area contributed by atoms with E-state index >= 15 is 0 Å². The average molecular weight is 213 g/mol. The Morgan fingerprint density at radius 1 is 1.29 bits per heavy atom. The molecule has 0 bridgehead atoms. The molecule has 0 amide bonds. The minimum absolute atomic E-state index is 0.680. The van der Waals surface area contributed by atoms with Crippen LogP contribution in [0.4, 0.5) is 5.82 Å². The molecule has 1 aromatic heterocycles. The third-order valence-electron chi connectivity index (χ3n) is 2.26. The van der Waals surface area contributed by atoms with Crippen LogP contribution in [0.25, 0.3) is 0 Å². The van der Waals surface area contributed by atoms with E-state index in [1.165, 1.54) is 0 Å². The van der Waals surface area contributed by atoms with Crippen LogP contribution >= 0.6 is 11.6 Å². The van der Waals surface area contributed by atoms with Crippen molar-refractivity contribution in [3.05, 3.63) is 23.4 Å². The van der Waals surface area contributed by atoms with Gasteiger partial charge in [0.2, 0.25) is 0 Å². The molecule has 1 aliphatic heterocycles. The summed E-state index contributed by atoms with van der Waals surface area (Å²) in [6.45, 7) is 3.55. The molecule has 1 saturated heterocycles. The lowest BCUT2D eigenvalue weighted by Crippen LogP contribution is -2.26. The zero-order valence-corrected chi connectivity index (χ0v) is 8.70. The quantitative estimate of drug-likeness (QED) is 0.712. The highest BCUT2D eigenvalue weighted by atomic mass is 35.5. The Balaban J connectivity index is 2.08. The van der Waals surface area contributed by atoms with Crippen molar-refractivity contribution in [2.45, 2.75) is 6.42 Å². The predicted molar refractivity (Wildman–Crippen MR) is 56.9 cm³/mol. The normalized spacial score (nSPS) is 17.9. The molecular weight excluding hydrogens is 200 g/mol. The van der Waals surface area contributed by atoms with E-state index in [9.17, 15) is 0 Å². The largest absolute Gasteiger partial charge is 0.380 e. The molecule has 2 heterocycles. The van der Waals surface area contributed by atoms with E-state index < -0.39 is 0 Å². The van der Waals surface area contributed by atoms with Crippen LogP contribution in [-0.4, -0.2) is 31.3 Å². The van der Waals surface area contributed by atoms with Crippen LogP contribution in [0, 0.1) is 0 Å². The van der Waals surface area contributed by atoms with Gasteiger partial charge in [0.1, 0.15) is 5.82 Å². The smallest absolute Gasteiger partial charge is 0.128 e. The molecule has 0 spiro atoms. The molecule has 0 radical (unpaired) electrons. The SMILES string of the molecule is Clc1ccc(N2CCCOCC2)nc1. The third-order valence-corrected chi connectivity index (χ3v) is 2.48. The summed E-state index contributed by atoms with van der Waals surface area (Å²) in [4.78, 5) is 6.51. The molecule has 0 unspecified atom stereocenters. The monoisotopic (exact) mass is 212 g/mol. The molecule has 1 fully saturated rings. The van der Waals surface area contributed by atoms with Crippen molar-refractivity contribution in [3.63, 3.8) is 0 Å². The van der Waals surface area contributed by atoms with Gasteiger partial charge in [-0.15, -0.1) is 0 Å². The number of ether oxygens (including phenoxy) is 1. The summed E-state index contributed by atoms with van der Waals surface area (Å²) >= 11 is 5.78. The third kappa shape index (κ3) is 2.36. The van der Waals surface area contributed by atoms with E-state index in [1.807, 2.05) is 12.1 Å². The predicted octanol–water partition coefficient (Wildman–Crippen LogP) is 1.96. The average Bonchev–Trinajstić information content (AvgIpc) is 2.47. The summed E-state index contributed by atoms with van der Waals surface area (Å²) in [6, 6.07) is 3.82. The van der Waals surface area contributed by atoms with Crippen LogP contribution in [0.15, 0.2) is 18.3 Å². The van der Waals surface area contributed by atoms with Crippen LogP contribution < -0.4 is 4.90 Å². The number of nitrogens with zero attached hydrogens (tertiary/aromatic N) is 2. The molecule has 0 aromatic carbocycles. The van der Waals surface area contributed by atoms with Crippen LogP contribution in [0.1, 0.15) is 6.42 Å². The van der Waals surface area contributed by atoms with Gasteiger partial charge in [-0.1, -0.05) is 11.6 Å². The van der Waals surface area contributed by atoms with Crippen molar-refractivity contribution in [2.75, 3.05) is 31.2 Å². The molecule has 0 saturated carbocycles. The number of rotatable bonds is 1. The van der Waals surface area contributed by atoms with Crippen molar-refractivity contribution >= 4 is 17.4 Å². The zero-order chi connectivity index (χ0) is 9.80. The Hall–Kier alpha value is -0.800. The number of hydrogen-bond acceptors (Lipinski definition) is 3. The number of hydrogen-bond donors (Lipinski definition) is 0. The van der Waals surface area contributed by atoms with E-state index in [1.54, 1.807) is 6.20 Å². The van der Waals surface area contributed by atoms with Gasteiger partial charge >= 0.3 is 0 Å². The first-order chi connectivity index (χ1) is 6.86. The van der Waals surface area contributed by atoms with E-state index in [0.29, 0.717) is 5.02 Å². The standard InChI is InChI=1S/C10H13ClN2O/c11-9-2-3-10(12-8-9)13-4-1-6-14-7-5-13/h2-3,8H,1,4-7H2. The fourth-order valence-electron chi connectivity index (χ4n) is 1.53. The Morgan fingerprint density at radius 3 is 3.00 bits per heavy atom. The number of aromatic nitrogens is 1. The summed E-state index contributed by atoms with van der Waals surface area (Å²) in [6.07, 6.45) is 2.74. The molecule has 0 N–H and O–H groups in total. The topological polar surface area (TPSA) is 25.4 Å². The number of pyridine rings is 1. The maximum Gasteiger partial charge on any atom is 0.128 e. The molecule has 4 heteroatoms. The lowest BCUT2D eigenvalue weighted by Gasteiger charge is -2.20. The van der Waals surface area contributed by atoms with Crippen molar-refractivity contribution in [1.29, 1.82) is 0 Å². The molecule has 1 aliphatic rings. The Kier molecular flexibility index (Phi) is 3.22. The first-order valence-electron chi connectivity index (χ1n) is 4.80. The first-order valence-corrected chi connectivity index (χ1v) is 5.18. The van der Waals surface area contributed by atoms with E-state index in [-0.39, 0.29) is 0 Å². The summed E-state index contributed by atoms with van der Waals surface area (Å²) < 4.78 is 5.37. The summed E-state index contributed by atoms with van der Waals surface area (Å²) in [5.74, 6) is 0.986. The molecule has 14 heavy (non-hydrogen) atoms. The second kappa shape index (κ2) is 4.62. The molecule has 2 rings (SSSR count). The van der Waals surface area contributed by atoms with Crippen LogP contribution in [0.3, 0.4) is 0 Å². The van der Waals surface area contributed by atoms with Crippen LogP contribution in [-0.2, 0) is 4.74 Å². The molecule has 0 atom stereocenters. The van der Waals surface area contributed by atoms with Crippen molar-refractivity contribution < 1.29 is 4.74 Å². The maximum atomic E-state index is 5.78. The highest BCUT2D eigenvalue weighted by Gasteiger charge is 2.10. The van der Waals surface area contributed by atoms with Crippen molar-refractivity contribution in [2.24, 2.45) is 0 Å². The van der Waals surface area contributed by atoms with Crippen molar-refractivity contribution in [3.8, 4) is 0 Å². The lowest BCUT2D eigenvalue weighted by atomic mass is 10.3. The van der Waals surface area contributed by atoms with Gasteiger partial charge in [-0.3, -0.25) is 0 Å². The minimum Gasteiger partial charge on any atom is -0.380 e. The number of anilines is 1. The fourth-order valence-corrected chi connectivity index (χ4v) is 1.64. The molecular formula is C10H13ClN2O. The van der Waals surface area contributed by atoms with Crippen LogP contribution in [0.2, 0.25) is 5.02 Å². The van der Waals surface area contributed by atoms with Gasteiger partial charge in [0.15, 0.2) is 0 Å². The summed E-state index contributed by atoms with van der Waals surface area (Å²) in [5.41, 5.74) is 0. The minimum atomic E-state index is 0.680. The first kappa shape index (κ1) is 9.74. The molecule has 3 nitrogen and oxygen atoms in total. The van der Waals surface area contributed by atoms with Gasteiger partial charge in [0, 0.05) is 25.9 Å². The molecule has 0 aliphatic carbocycles. The Morgan fingerprint density at radius 2 is 2.21 bits per heavy atom. The lowest BCUT2D eigenvalue weighted by molar-refractivity contribution is 0.152. The fraction of sp³-hybridized carbons (Fsp3) is 0.500. The van der Waals surface area contributed by atoms with Gasteiger partial charge in [-0.2, -0.15) is 0 Å².